The third-order valence-corrected chi connectivity index (χ3v) is 4.18. The minimum atomic E-state index is -3.43. The summed E-state index contributed by atoms with van der Waals surface area (Å²) in [6, 6.07) is 0. The van der Waals surface area contributed by atoms with Crippen molar-refractivity contribution in [2.24, 2.45) is 13.0 Å². The highest BCUT2D eigenvalue weighted by molar-refractivity contribution is 7.89. The first-order valence-electron chi connectivity index (χ1n) is 4.63. The molecule has 0 spiro atoms. The van der Waals surface area contributed by atoms with Crippen LogP contribution in [0.15, 0.2) is 17.6 Å². The molecule has 0 bridgehead atoms. The van der Waals surface area contributed by atoms with E-state index in [1.165, 1.54) is 16.8 Å². The van der Waals surface area contributed by atoms with Crippen molar-refractivity contribution >= 4 is 10.0 Å². The van der Waals surface area contributed by atoms with Gasteiger partial charge in [0, 0.05) is 38.9 Å². The molecule has 1 aromatic rings. The lowest BCUT2D eigenvalue weighted by Gasteiger charge is -2.36. The summed E-state index contributed by atoms with van der Waals surface area (Å²) >= 11 is 0. The quantitative estimate of drug-likeness (QED) is 0.726. The molecular weight excluding hydrogens is 218 g/mol. The van der Waals surface area contributed by atoms with Crippen LogP contribution in [-0.4, -0.2) is 47.1 Å². The molecule has 7 heteroatoms. The second kappa shape index (κ2) is 3.58. The van der Waals surface area contributed by atoms with Crippen LogP contribution < -0.4 is 0 Å². The lowest BCUT2D eigenvalue weighted by molar-refractivity contribution is 0.117. The average Bonchev–Trinajstić information content (AvgIpc) is 2.50. The fourth-order valence-corrected chi connectivity index (χ4v) is 3.05. The van der Waals surface area contributed by atoms with E-state index in [9.17, 15) is 8.42 Å². The molecule has 2 heterocycles. The average molecular weight is 231 g/mol. The van der Waals surface area contributed by atoms with Gasteiger partial charge >= 0.3 is 0 Å². The Hall–Kier alpha value is -0.920. The summed E-state index contributed by atoms with van der Waals surface area (Å²) in [5.41, 5.74) is 0. The monoisotopic (exact) mass is 231 g/mol. The van der Waals surface area contributed by atoms with Gasteiger partial charge in [-0.2, -0.15) is 4.31 Å². The maximum Gasteiger partial charge on any atom is 0.262 e. The third-order valence-electron chi connectivity index (χ3n) is 2.47. The van der Waals surface area contributed by atoms with Crippen LogP contribution in [0, 0.1) is 5.92 Å². The van der Waals surface area contributed by atoms with Crippen LogP contribution in [0.25, 0.3) is 0 Å². The zero-order valence-corrected chi connectivity index (χ0v) is 9.18. The second-order valence-electron chi connectivity index (χ2n) is 3.75. The van der Waals surface area contributed by atoms with Gasteiger partial charge in [-0.1, -0.05) is 0 Å². The van der Waals surface area contributed by atoms with Crippen molar-refractivity contribution in [1.82, 2.24) is 13.9 Å². The van der Waals surface area contributed by atoms with Gasteiger partial charge in [0.05, 0.1) is 6.33 Å². The minimum absolute atomic E-state index is 0.0360. The van der Waals surface area contributed by atoms with Crippen molar-refractivity contribution in [2.75, 3.05) is 19.7 Å². The van der Waals surface area contributed by atoms with Crippen LogP contribution in [0.4, 0.5) is 0 Å². The van der Waals surface area contributed by atoms with Gasteiger partial charge in [0.15, 0.2) is 5.03 Å². The van der Waals surface area contributed by atoms with Crippen molar-refractivity contribution in [3.63, 3.8) is 0 Å². The molecule has 2 rings (SSSR count). The van der Waals surface area contributed by atoms with Gasteiger partial charge in [-0.3, -0.25) is 0 Å². The van der Waals surface area contributed by atoms with E-state index in [2.05, 4.69) is 4.98 Å². The SMILES string of the molecule is Cn1cnc(S(=O)(=O)N2CC(CO)C2)c1. The number of aliphatic hydroxyl groups excluding tert-OH is 1. The molecule has 1 aliphatic heterocycles. The number of imidazole rings is 1. The fourth-order valence-electron chi connectivity index (χ4n) is 1.49. The van der Waals surface area contributed by atoms with Crippen molar-refractivity contribution in [2.45, 2.75) is 5.03 Å². The third kappa shape index (κ3) is 1.77. The number of sulfonamides is 1. The van der Waals surface area contributed by atoms with Crippen LogP contribution in [0.3, 0.4) is 0 Å². The van der Waals surface area contributed by atoms with E-state index in [1.807, 2.05) is 0 Å². The number of rotatable bonds is 3. The van der Waals surface area contributed by atoms with E-state index in [0.29, 0.717) is 13.1 Å². The largest absolute Gasteiger partial charge is 0.396 e. The van der Waals surface area contributed by atoms with E-state index < -0.39 is 10.0 Å². The number of nitrogens with zero attached hydrogens (tertiary/aromatic N) is 3. The van der Waals surface area contributed by atoms with Crippen LogP contribution in [0.2, 0.25) is 0 Å². The Morgan fingerprint density at radius 2 is 2.27 bits per heavy atom. The zero-order chi connectivity index (χ0) is 11.1. The molecule has 1 aliphatic rings. The first kappa shape index (κ1) is 10.6. The van der Waals surface area contributed by atoms with E-state index >= 15 is 0 Å². The molecule has 84 valence electrons. The van der Waals surface area contributed by atoms with Crippen LogP contribution >= 0.6 is 0 Å². The molecule has 0 amide bonds. The van der Waals surface area contributed by atoms with E-state index in [4.69, 9.17) is 5.11 Å². The molecule has 1 aromatic heterocycles. The van der Waals surface area contributed by atoms with Crippen molar-refractivity contribution in [3.05, 3.63) is 12.5 Å². The summed E-state index contributed by atoms with van der Waals surface area (Å²) < 4.78 is 26.6. The first-order valence-corrected chi connectivity index (χ1v) is 6.07. The Balaban J connectivity index is 2.15. The number of aromatic nitrogens is 2. The fraction of sp³-hybridized carbons (Fsp3) is 0.625. The van der Waals surface area contributed by atoms with Crippen LogP contribution in [0.1, 0.15) is 0 Å². The topological polar surface area (TPSA) is 75.4 Å². The first-order chi connectivity index (χ1) is 7.04. The Morgan fingerprint density at radius 3 is 2.73 bits per heavy atom. The molecule has 15 heavy (non-hydrogen) atoms. The summed E-state index contributed by atoms with van der Waals surface area (Å²) in [5.74, 6) is 0.0727. The normalized spacial score (nSPS) is 19.1. The van der Waals surface area contributed by atoms with Crippen molar-refractivity contribution in [1.29, 1.82) is 0 Å². The van der Waals surface area contributed by atoms with Crippen molar-refractivity contribution in [3.8, 4) is 0 Å². The Labute approximate surface area is 88.2 Å². The number of aliphatic hydroxyl groups is 1. The highest BCUT2D eigenvalue weighted by atomic mass is 32.2. The van der Waals surface area contributed by atoms with Crippen LogP contribution in [0.5, 0.6) is 0 Å². The van der Waals surface area contributed by atoms with E-state index in [1.54, 1.807) is 11.6 Å². The van der Waals surface area contributed by atoms with Crippen molar-refractivity contribution < 1.29 is 13.5 Å². The Kier molecular flexibility index (Phi) is 2.53. The Bertz CT molecular complexity index is 447. The maximum absolute atomic E-state index is 11.9. The standard InChI is InChI=1S/C8H13N3O3S/c1-10-4-8(9-6-10)15(13,14)11-2-7(3-11)5-12/h4,6-7,12H,2-3,5H2,1H3. The molecule has 0 radical (unpaired) electrons. The maximum atomic E-state index is 11.9. The molecular formula is C8H13N3O3S. The highest BCUT2D eigenvalue weighted by Crippen LogP contribution is 2.23. The molecule has 1 fully saturated rings. The van der Waals surface area contributed by atoms with Gasteiger partial charge in [0.1, 0.15) is 0 Å². The number of hydrogen-bond donors (Lipinski definition) is 1. The predicted octanol–water partition coefficient (Wildman–Crippen LogP) is -0.967. The molecule has 1 saturated heterocycles. The van der Waals surface area contributed by atoms with E-state index in [0.717, 1.165) is 0 Å². The smallest absolute Gasteiger partial charge is 0.262 e. The molecule has 0 aromatic carbocycles. The van der Waals surface area contributed by atoms with Gasteiger partial charge in [0.25, 0.3) is 10.0 Å². The zero-order valence-electron chi connectivity index (χ0n) is 8.37. The molecule has 0 aliphatic carbocycles. The Morgan fingerprint density at radius 1 is 1.60 bits per heavy atom. The van der Waals surface area contributed by atoms with Gasteiger partial charge in [0.2, 0.25) is 0 Å². The second-order valence-corrected chi connectivity index (χ2v) is 5.63. The summed E-state index contributed by atoms with van der Waals surface area (Å²) in [7, 11) is -1.71. The lowest BCUT2D eigenvalue weighted by atomic mass is 10.1. The van der Waals surface area contributed by atoms with E-state index in [-0.39, 0.29) is 17.6 Å². The molecule has 0 saturated carbocycles. The number of aryl methyl sites for hydroxylation is 1. The predicted molar refractivity (Wildman–Crippen MR) is 52.5 cm³/mol. The van der Waals surface area contributed by atoms with Gasteiger partial charge in [-0.15, -0.1) is 0 Å². The summed E-state index contributed by atoms with van der Waals surface area (Å²) in [4.78, 5) is 3.81. The lowest BCUT2D eigenvalue weighted by Crippen LogP contribution is -2.51. The molecule has 1 N–H and O–H groups in total. The molecule has 6 nitrogen and oxygen atoms in total. The van der Waals surface area contributed by atoms with Gasteiger partial charge < -0.3 is 9.67 Å². The summed E-state index contributed by atoms with van der Waals surface area (Å²) in [6.45, 7) is 0.805. The minimum Gasteiger partial charge on any atom is -0.396 e. The number of hydrogen-bond acceptors (Lipinski definition) is 4. The highest BCUT2D eigenvalue weighted by Gasteiger charge is 2.37. The molecule has 0 unspecified atom stereocenters. The van der Waals surface area contributed by atoms with Gasteiger partial charge in [-0.25, -0.2) is 13.4 Å². The van der Waals surface area contributed by atoms with Gasteiger partial charge in [-0.05, 0) is 0 Å². The van der Waals surface area contributed by atoms with Crippen LogP contribution in [-0.2, 0) is 17.1 Å². The molecule has 0 atom stereocenters. The summed E-state index contributed by atoms with van der Waals surface area (Å²) in [6.07, 6.45) is 2.93. The summed E-state index contributed by atoms with van der Waals surface area (Å²) in [5, 5.41) is 8.87.